The molecule has 0 aliphatic carbocycles. The second-order valence-electron chi connectivity index (χ2n) is 6.84. The quantitative estimate of drug-likeness (QED) is 0.358. The van der Waals surface area contributed by atoms with Crippen LogP contribution >= 0.6 is 22.6 Å². The summed E-state index contributed by atoms with van der Waals surface area (Å²) in [5, 5.41) is 11.1. The lowest BCUT2D eigenvalue weighted by Crippen LogP contribution is -2.53. The number of aliphatic imine (C=N–C) groups is 1. The maximum atomic E-state index is 14.8. The molecule has 0 spiro atoms. The number of ether oxygens (including phenoxy) is 1. The number of carbonyl (C=O) groups is 1. The first-order valence-electron chi connectivity index (χ1n) is 9.08. The number of aliphatic hydroxyl groups is 1. The van der Waals surface area contributed by atoms with Crippen molar-refractivity contribution in [2.24, 2.45) is 4.99 Å². The van der Waals surface area contributed by atoms with Crippen LogP contribution in [0.1, 0.15) is 5.56 Å². The van der Waals surface area contributed by atoms with Crippen molar-refractivity contribution >= 4 is 40.5 Å². The summed E-state index contributed by atoms with van der Waals surface area (Å²) >= 11 is 2.01. The zero-order valence-corrected chi connectivity index (χ0v) is 18.9. The van der Waals surface area contributed by atoms with Crippen LogP contribution in [-0.2, 0) is 11.3 Å². The van der Waals surface area contributed by atoms with Gasteiger partial charge >= 0.3 is 0 Å². The smallest absolute Gasteiger partial charge is 0.254 e. The maximum absolute atomic E-state index is 14.8. The number of carbonyl (C=O) groups excluding carboxylic acids is 1. The van der Waals surface area contributed by atoms with E-state index in [2.05, 4.69) is 4.99 Å². The topological polar surface area (TPSA) is 68.6 Å². The monoisotopic (exact) mass is 524 g/mol. The van der Waals surface area contributed by atoms with Gasteiger partial charge in [0.1, 0.15) is 17.4 Å². The average molecular weight is 524 g/mol. The van der Waals surface area contributed by atoms with Gasteiger partial charge in [0, 0.05) is 23.7 Å². The van der Waals surface area contributed by atoms with Gasteiger partial charge in [0.25, 0.3) is 5.91 Å². The van der Waals surface area contributed by atoms with Crippen LogP contribution in [0.4, 0.5) is 10.1 Å². The third kappa shape index (κ3) is 4.90. The van der Waals surface area contributed by atoms with Crippen molar-refractivity contribution in [3.8, 4) is 5.75 Å². The molecule has 1 amide bonds. The molecule has 0 saturated heterocycles. The summed E-state index contributed by atoms with van der Waals surface area (Å²) in [6.45, 7) is 0.133. The fourth-order valence-corrected chi connectivity index (χ4v) is 3.37. The minimum atomic E-state index is -1.44. The molecule has 1 aliphatic heterocycles. The molecule has 0 radical (unpaired) electrons. The lowest BCUT2D eigenvalue weighted by molar-refractivity contribution is -0.138. The Labute approximate surface area is 188 Å². The molecule has 1 heterocycles. The van der Waals surface area contributed by atoms with E-state index in [4.69, 9.17) is 4.74 Å². The van der Waals surface area contributed by atoms with Crippen LogP contribution in [-0.4, -0.2) is 54.7 Å². The van der Waals surface area contributed by atoms with Crippen molar-refractivity contribution in [1.29, 1.82) is 0 Å². The van der Waals surface area contributed by atoms with Crippen molar-refractivity contribution in [2.45, 2.75) is 12.9 Å². The van der Waals surface area contributed by atoms with E-state index in [-0.39, 0.29) is 18.1 Å². The summed E-state index contributed by atoms with van der Waals surface area (Å²) in [6.07, 6.45) is 1.34. The van der Waals surface area contributed by atoms with E-state index in [1.54, 1.807) is 62.5 Å². The van der Waals surface area contributed by atoms with Crippen LogP contribution in [0.5, 0.6) is 5.75 Å². The Morgan fingerprint density at radius 2 is 1.97 bits per heavy atom. The third-order valence-corrected chi connectivity index (χ3v) is 5.07. The minimum Gasteiger partial charge on any atom is -0.497 e. The Bertz CT molecular complexity index is 979. The maximum Gasteiger partial charge on any atom is 0.254 e. The molecular weight excluding hydrogens is 502 g/mol. The van der Waals surface area contributed by atoms with Gasteiger partial charge in [-0.1, -0.05) is 12.1 Å². The van der Waals surface area contributed by atoms with Gasteiger partial charge in [0.15, 0.2) is 0 Å². The Morgan fingerprint density at radius 1 is 1.27 bits per heavy atom. The Kier molecular flexibility index (Phi) is 6.93. The summed E-state index contributed by atoms with van der Waals surface area (Å²) in [5.74, 6) is -0.114. The van der Waals surface area contributed by atoms with Crippen molar-refractivity contribution in [1.82, 2.24) is 9.80 Å². The number of anilines is 1. The fraction of sp³-hybridized carbons (Fsp3) is 0.238. The molecule has 30 heavy (non-hydrogen) atoms. The summed E-state index contributed by atoms with van der Waals surface area (Å²) in [6, 6.07) is 11.8. The van der Waals surface area contributed by atoms with Gasteiger partial charge in [-0.3, -0.25) is 14.6 Å². The molecule has 3 rings (SSSR count). The lowest BCUT2D eigenvalue weighted by atomic mass is 10.2. The van der Waals surface area contributed by atoms with Gasteiger partial charge in [0.2, 0.25) is 6.35 Å². The van der Waals surface area contributed by atoms with E-state index in [9.17, 15) is 14.3 Å². The standard InChI is InChI=1S/C21H22FIN4O3/c1-25(2)13-24-19-11-20(28)26(12-14-4-7-16(30-3)8-5-14)21(29)27(19)18-9-6-15(23)10-17(18)22/h4-11,13,21,29H,12H2,1-3H3/b24-13+. The fourth-order valence-electron chi connectivity index (χ4n) is 2.92. The largest absolute Gasteiger partial charge is 0.497 e. The van der Waals surface area contributed by atoms with Crippen LogP contribution in [0.2, 0.25) is 0 Å². The van der Waals surface area contributed by atoms with E-state index >= 15 is 0 Å². The number of rotatable bonds is 6. The summed E-state index contributed by atoms with van der Waals surface area (Å²) < 4.78 is 20.6. The first-order chi connectivity index (χ1) is 14.3. The van der Waals surface area contributed by atoms with E-state index in [1.807, 2.05) is 22.6 Å². The van der Waals surface area contributed by atoms with Crippen molar-refractivity contribution in [2.75, 3.05) is 26.1 Å². The van der Waals surface area contributed by atoms with Crippen molar-refractivity contribution < 1.29 is 19.0 Å². The molecule has 0 bridgehead atoms. The van der Waals surface area contributed by atoms with Crippen molar-refractivity contribution in [3.63, 3.8) is 0 Å². The molecule has 2 aromatic carbocycles. The van der Waals surface area contributed by atoms with E-state index in [0.717, 1.165) is 5.56 Å². The normalized spacial score (nSPS) is 16.8. The first-order valence-corrected chi connectivity index (χ1v) is 10.2. The molecule has 2 aromatic rings. The van der Waals surface area contributed by atoms with E-state index in [0.29, 0.717) is 9.32 Å². The third-order valence-electron chi connectivity index (χ3n) is 4.39. The predicted octanol–water partition coefficient (Wildman–Crippen LogP) is 2.99. The number of hydrogen-bond donors (Lipinski definition) is 1. The molecule has 1 atom stereocenters. The lowest BCUT2D eigenvalue weighted by Gasteiger charge is -2.40. The summed E-state index contributed by atoms with van der Waals surface area (Å²) in [5.41, 5.74) is 0.914. The zero-order valence-electron chi connectivity index (χ0n) is 16.8. The highest BCUT2D eigenvalue weighted by molar-refractivity contribution is 14.1. The Morgan fingerprint density at radius 3 is 2.57 bits per heavy atom. The molecule has 0 fully saturated rings. The SMILES string of the molecule is COc1ccc(CN2C(=O)C=C(/N=C/N(C)C)N(c3ccc(I)cc3F)C2O)cc1. The molecule has 0 saturated carbocycles. The number of nitrogens with zero attached hydrogens (tertiary/aromatic N) is 4. The number of benzene rings is 2. The second-order valence-corrected chi connectivity index (χ2v) is 8.08. The number of aliphatic hydroxyl groups excluding tert-OH is 1. The van der Waals surface area contributed by atoms with Crippen LogP contribution in [0, 0.1) is 9.39 Å². The Balaban J connectivity index is 1.99. The van der Waals surface area contributed by atoms with Gasteiger partial charge < -0.3 is 14.7 Å². The number of amides is 1. The van der Waals surface area contributed by atoms with E-state index < -0.39 is 18.1 Å². The van der Waals surface area contributed by atoms with Crippen LogP contribution in [0.25, 0.3) is 0 Å². The van der Waals surface area contributed by atoms with Crippen LogP contribution in [0.3, 0.4) is 0 Å². The Hall–Kier alpha value is -2.66. The number of methoxy groups -OCH3 is 1. The molecule has 1 aliphatic rings. The summed E-state index contributed by atoms with van der Waals surface area (Å²) in [4.78, 5) is 21.3. The predicted molar refractivity (Wildman–Crippen MR) is 121 cm³/mol. The summed E-state index contributed by atoms with van der Waals surface area (Å²) in [7, 11) is 5.12. The second kappa shape index (κ2) is 9.43. The minimum absolute atomic E-state index is 0.123. The zero-order chi connectivity index (χ0) is 21.8. The molecular formula is C21H22FIN4O3. The highest BCUT2D eigenvalue weighted by atomic mass is 127. The highest BCUT2D eigenvalue weighted by Crippen LogP contribution is 2.31. The molecule has 7 nitrogen and oxygen atoms in total. The van der Waals surface area contributed by atoms with Crippen molar-refractivity contribution in [3.05, 3.63) is 69.3 Å². The van der Waals surface area contributed by atoms with Crippen LogP contribution < -0.4 is 9.64 Å². The molecule has 9 heteroatoms. The molecule has 158 valence electrons. The average Bonchev–Trinajstić information content (AvgIpc) is 2.71. The van der Waals surface area contributed by atoms with Gasteiger partial charge in [0.05, 0.1) is 25.7 Å². The molecule has 1 N–H and O–H groups in total. The van der Waals surface area contributed by atoms with Gasteiger partial charge in [-0.15, -0.1) is 0 Å². The number of halogens is 2. The molecule has 1 unspecified atom stereocenters. The van der Waals surface area contributed by atoms with Gasteiger partial charge in [-0.2, -0.15) is 0 Å². The number of hydrogen-bond acceptors (Lipinski definition) is 5. The highest BCUT2D eigenvalue weighted by Gasteiger charge is 2.35. The van der Waals surface area contributed by atoms with E-state index in [1.165, 1.54) is 28.3 Å². The van der Waals surface area contributed by atoms with Gasteiger partial charge in [-0.25, -0.2) is 9.38 Å². The van der Waals surface area contributed by atoms with Gasteiger partial charge in [-0.05, 0) is 58.5 Å². The first kappa shape index (κ1) is 22.0. The molecule has 0 aromatic heterocycles. The van der Waals surface area contributed by atoms with Crippen LogP contribution in [0.15, 0.2) is 59.4 Å².